The van der Waals surface area contributed by atoms with Crippen molar-refractivity contribution in [1.29, 1.82) is 0 Å². The molecule has 2 fully saturated rings. The van der Waals surface area contributed by atoms with E-state index in [1.165, 1.54) is 17.3 Å². The van der Waals surface area contributed by atoms with E-state index in [9.17, 15) is 14.9 Å². The second kappa shape index (κ2) is 9.37. The van der Waals surface area contributed by atoms with Gasteiger partial charge in [-0.15, -0.1) is 0 Å². The molecule has 2 saturated heterocycles. The maximum atomic E-state index is 13.1. The number of amides is 1. The van der Waals surface area contributed by atoms with Crippen LogP contribution in [0.4, 0.5) is 17.1 Å². The summed E-state index contributed by atoms with van der Waals surface area (Å²) in [7, 11) is 0. The SMILES string of the molecule is Cc1cccc(N2CCN(C(=O)c3ccc(N4CCCCCC4)c([N+](=O)[O-])c3)CC2)c1. The summed E-state index contributed by atoms with van der Waals surface area (Å²) >= 11 is 0. The summed E-state index contributed by atoms with van der Waals surface area (Å²) in [6, 6.07) is 13.4. The van der Waals surface area contributed by atoms with Crippen molar-refractivity contribution < 1.29 is 9.72 Å². The third-order valence-corrected chi connectivity index (χ3v) is 6.30. The molecule has 0 atom stereocenters. The molecule has 0 N–H and O–H groups in total. The van der Waals surface area contributed by atoms with Gasteiger partial charge in [0, 0.05) is 56.6 Å². The number of hydrogen-bond acceptors (Lipinski definition) is 5. The Balaban J connectivity index is 1.47. The normalized spacial score (nSPS) is 17.4. The van der Waals surface area contributed by atoms with Crippen molar-refractivity contribution in [3.8, 4) is 0 Å². The predicted octanol–water partition coefficient (Wildman–Crippen LogP) is 4.25. The molecule has 0 unspecified atom stereocenters. The summed E-state index contributed by atoms with van der Waals surface area (Å²) < 4.78 is 0. The number of piperazine rings is 1. The van der Waals surface area contributed by atoms with Crippen LogP contribution in [0.3, 0.4) is 0 Å². The standard InChI is InChI=1S/C24H30N4O3/c1-19-7-6-8-21(17-19)25-13-15-27(16-14-25)24(29)20-9-10-22(23(18-20)28(30)31)26-11-4-2-3-5-12-26/h6-10,17-18H,2-5,11-16H2,1H3. The van der Waals surface area contributed by atoms with Crippen LogP contribution < -0.4 is 9.80 Å². The summed E-state index contributed by atoms with van der Waals surface area (Å²) in [5.74, 6) is -0.130. The van der Waals surface area contributed by atoms with Crippen molar-refractivity contribution >= 4 is 23.0 Å². The molecular weight excluding hydrogens is 392 g/mol. The number of carbonyl (C=O) groups excluding carboxylic acids is 1. The summed E-state index contributed by atoms with van der Waals surface area (Å²) in [5, 5.41) is 11.8. The van der Waals surface area contributed by atoms with Crippen molar-refractivity contribution in [2.45, 2.75) is 32.6 Å². The Morgan fingerprint density at radius 2 is 1.58 bits per heavy atom. The lowest BCUT2D eigenvalue weighted by Crippen LogP contribution is -2.48. The molecule has 0 spiro atoms. The summed E-state index contributed by atoms with van der Waals surface area (Å²) in [6.07, 6.45) is 4.41. The minimum absolute atomic E-state index is 0.0335. The van der Waals surface area contributed by atoms with E-state index in [0.29, 0.717) is 24.3 Å². The summed E-state index contributed by atoms with van der Waals surface area (Å²) in [5.41, 5.74) is 3.45. The molecule has 0 radical (unpaired) electrons. The number of rotatable bonds is 4. The lowest BCUT2D eigenvalue weighted by atomic mass is 10.1. The third kappa shape index (κ3) is 4.81. The number of nitrogens with zero attached hydrogens (tertiary/aromatic N) is 4. The predicted molar refractivity (Wildman–Crippen MR) is 123 cm³/mol. The molecule has 0 aromatic heterocycles. The van der Waals surface area contributed by atoms with E-state index >= 15 is 0 Å². The first kappa shape index (κ1) is 21.2. The van der Waals surface area contributed by atoms with Gasteiger partial charge in [-0.3, -0.25) is 14.9 Å². The number of nitro groups is 1. The monoisotopic (exact) mass is 422 g/mol. The zero-order chi connectivity index (χ0) is 21.8. The van der Waals surface area contributed by atoms with Crippen molar-refractivity contribution in [3.63, 3.8) is 0 Å². The zero-order valence-electron chi connectivity index (χ0n) is 18.1. The van der Waals surface area contributed by atoms with Crippen molar-refractivity contribution in [2.75, 3.05) is 49.1 Å². The maximum absolute atomic E-state index is 13.1. The van der Waals surface area contributed by atoms with Gasteiger partial charge in [0.25, 0.3) is 11.6 Å². The number of aryl methyl sites for hydroxylation is 1. The molecule has 1 amide bonds. The largest absolute Gasteiger partial charge is 0.368 e. The molecule has 164 valence electrons. The van der Waals surface area contributed by atoms with Gasteiger partial charge >= 0.3 is 0 Å². The lowest BCUT2D eigenvalue weighted by molar-refractivity contribution is -0.384. The first-order chi connectivity index (χ1) is 15.0. The van der Waals surface area contributed by atoms with Crippen molar-refractivity contribution in [1.82, 2.24) is 4.90 Å². The fourth-order valence-electron chi connectivity index (χ4n) is 4.56. The van der Waals surface area contributed by atoms with E-state index in [1.54, 1.807) is 17.0 Å². The molecule has 2 heterocycles. The van der Waals surface area contributed by atoms with Gasteiger partial charge in [-0.05, 0) is 49.6 Å². The van der Waals surface area contributed by atoms with Gasteiger partial charge in [-0.2, -0.15) is 0 Å². The molecule has 2 aliphatic rings. The molecule has 0 bridgehead atoms. The van der Waals surface area contributed by atoms with Crippen molar-refractivity contribution in [3.05, 3.63) is 63.7 Å². The van der Waals surface area contributed by atoms with Gasteiger partial charge in [-0.25, -0.2) is 0 Å². The topological polar surface area (TPSA) is 69.9 Å². The Labute approximate surface area is 183 Å². The first-order valence-corrected chi connectivity index (χ1v) is 11.2. The zero-order valence-corrected chi connectivity index (χ0v) is 18.1. The van der Waals surface area contributed by atoms with Crippen molar-refractivity contribution in [2.24, 2.45) is 0 Å². The van der Waals surface area contributed by atoms with Gasteiger partial charge in [0.1, 0.15) is 5.69 Å². The van der Waals surface area contributed by atoms with Crippen LogP contribution in [0.2, 0.25) is 0 Å². The number of nitro benzene ring substituents is 1. The third-order valence-electron chi connectivity index (χ3n) is 6.30. The molecule has 4 rings (SSSR count). The molecule has 2 aromatic rings. The molecule has 7 nitrogen and oxygen atoms in total. The Morgan fingerprint density at radius 1 is 0.871 bits per heavy atom. The van der Waals surface area contributed by atoms with Gasteiger partial charge in [-0.1, -0.05) is 25.0 Å². The quantitative estimate of drug-likeness (QED) is 0.544. The second-order valence-electron chi connectivity index (χ2n) is 8.48. The minimum Gasteiger partial charge on any atom is -0.368 e. The molecule has 0 saturated carbocycles. The van der Waals surface area contributed by atoms with E-state index in [1.807, 2.05) is 6.07 Å². The average molecular weight is 423 g/mol. The Morgan fingerprint density at radius 3 is 2.23 bits per heavy atom. The van der Waals surface area contributed by atoms with E-state index < -0.39 is 0 Å². The van der Waals surface area contributed by atoms with E-state index in [2.05, 4.69) is 34.9 Å². The van der Waals surface area contributed by atoms with Crippen LogP contribution in [0.5, 0.6) is 0 Å². The fraction of sp³-hybridized carbons (Fsp3) is 0.458. The van der Waals surface area contributed by atoms with Crippen LogP contribution >= 0.6 is 0 Å². The Bertz CT molecular complexity index is 946. The fourth-order valence-corrected chi connectivity index (χ4v) is 4.56. The molecule has 31 heavy (non-hydrogen) atoms. The van der Waals surface area contributed by atoms with Gasteiger partial charge in [0.05, 0.1) is 4.92 Å². The molecular formula is C24H30N4O3. The Hall–Kier alpha value is -3.09. The van der Waals surface area contributed by atoms with Gasteiger partial charge < -0.3 is 14.7 Å². The molecule has 2 aliphatic heterocycles. The number of carbonyl (C=O) groups is 1. The summed E-state index contributed by atoms with van der Waals surface area (Å²) in [4.78, 5) is 30.7. The highest BCUT2D eigenvalue weighted by atomic mass is 16.6. The van der Waals surface area contributed by atoms with Crippen LogP contribution in [0, 0.1) is 17.0 Å². The Kier molecular flexibility index (Phi) is 6.39. The van der Waals surface area contributed by atoms with Crippen LogP contribution in [0.25, 0.3) is 0 Å². The maximum Gasteiger partial charge on any atom is 0.293 e. The van der Waals surface area contributed by atoms with E-state index in [-0.39, 0.29) is 16.5 Å². The minimum atomic E-state index is -0.354. The van der Waals surface area contributed by atoms with Gasteiger partial charge in [0.15, 0.2) is 0 Å². The van der Waals surface area contributed by atoms with Crippen LogP contribution in [-0.2, 0) is 0 Å². The smallest absolute Gasteiger partial charge is 0.293 e. The average Bonchev–Trinajstić information content (AvgIpc) is 3.08. The number of hydrogen-bond donors (Lipinski definition) is 0. The number of anilines is 2. The summed E-state index contributed by atoms with van der Waals surface area (Å²) in [6.45, 7) is 6.45. The first-order valence-electron chi connectivity index (χ1n) is 11.2. The second-order valence-corrected chi connectivity index (χ2v) is 8.48. The van der Waals surface area contributed by atoms with E-state index in [4.69, 9.17) is 0 Å². The lowest BCUT2D eigenvalue weighted by Gasteiger charge is -2.36. The van der Waals surface area contributed by atoms with Crippen LogP contribution in [0.1, 0.15) is 41.6 Å². The molecule has 2 aromatic carbocycles. The highest BCUT2D eigenvalue weighted by Gasteiger charge is 2.26. The van der Waals surface area contributed by atoms with Crippen LogP contribution in [0.15, 0.2) is 42.5 Å². The number of benzene rings is 2. The highest BCUT2D eigenvalue weighted by molar-refractivity contribution is 5.96. The van der Waals surface area contributed by atoms with Gasteiger partial charge in [0.2, 0.25) is 0 Å². The van der Waals surface area contributed by atoms with Crippen LogP contribution in [-0.4, -0.2) is 55.0 Å². The van der Waals surface area contributed by atoms with E-state index in [0.717, 1.165) is 51.9 Å². The highest BCUT2D eigenvalue weighted by Crippen LogP contribution is 2.31. The molecule has 7 heteroatoms. The molecule has 0 aliphatic carbocycles.